The molecular formula is C5H8ClN3O3S. The van der Waals surface area contributed by atoms with E-state index in [9.17, 15) is 8.42 Å². The van der Waals surface area contributed by atoms with Gasteiger partial charge in [0.1, 0.15) is 5.82 Å². The molecule has 0 radical (unpaired) electrons. The van der Waals surface area contributed by atoms with Crippen LogP contribution in [-0.4, -0.2) is 37.3 Å². The minimum absolute atomic E-state index is 0.403. The number of methoxy groups -OCH3 is 1. The van der Waals surface area contributed by atoms with Gasteiger partial charge in [-0.2, -0.15) is 0 Å². The molecule has 1 aromatic heterocycles. The molecule has 1 N–H and O–H groups in total. The first-order valence-electron chi connectivity index (χ1n) is 3.39. The molecule has 1 aromatic rings. The van der Waals surface area contributed by atoms with Crippen LogP contribution in [0.2, 0.25) is 0 Å². The molecule has 0 aliphatic carbocycles. The number of nitrogens with zero attached hydrogens (tertiary/aromatic N) is 2. The number of rotatable bonds is 4. The Kier molecular flexibility index (Phi) is 3.23. The number of aromatic amines is 1. The van der Waals surface area contributed by atoms with Gasteiger partial charge in [0.2, 0.25) is 0 Å². The first-order chi connectivity index (χ1) is 6.04. The Balaban J connectivity index is 2.76. The van der Waals surface area contributed by atoms with Gasteiger partial charge in [-0.25, -0.2) is 13.4 Å². The summed E-state index contributed by atoms with van der Waals surface area (Å²) in [4.78, 5) is 3.65. The Hall–Kier alpha value is -0.660. The summed E-state index contributed by atoms with van der Waals surface area (Å²) in [6, 6.07) is 0. The summed E-state index contributed by atoms with van der Waals surface area (Å²) in [7, 11) is 2.71. The molecule has 6 nitrogen and oxygen atoms in total. The predicted molar refractivity (Wildman–Crippen MR) is 45.0 cm³/mol. The molecule has 0 spiro atoms. The third-order valence-electron chi connectivity index (χ3n) is 1.27. The number of aromatic nitrogens is 3. The van der Waals surface area contributed by atoms with E-state index in [1.807, 2.05) is 0 Å². The summed E-state index contributed by atoms with van der Waals surface area (Å²) in [5, 5.41) is 5.47. The van der Waals surface area contributed by atoms with Gasteiger partial charge in [-0.05, 0) is 0 Å². The predicted octanol–water partition coefficient (Wildman–Crippen LogP) is -0.0789. The molecule has 0 atom stereocenters. The van der Waals surface area contributed by atoms with Gasteiger partial charge in [0.05, 0.1) is 6.61 Å². The molecule has 8 heteroatoms. The first-order valence-corrected chi connectivity index (χ1v) is 5.70. The third-order valence-corrected chi connectivity index (χ3v) is 2.31. The second kappa shape index (κ2) is 4.03. The van der Waals surface area contributed by atoms with Crippen LogP contribution < -0.4 is 0 Å². The summed E-state index contributed by atoms with van der Waals surface area (Å²) in [6.45, 7) is 0.441. The van der Waals surface area contributed by atoms with Crippen molar-refractivity contribution in [3.63, 3.8) is 0 Å². The van der Waals surface area contributed by atoms with Gasteiger partial charge in [0, 0.05) is 24.2 Å². The van der Waals surface area contributed by atoms with Crippen molar-refractivity contribution in [2.24, 2.45) is 0 Å². The molecule has 0 aromatic carbocycles. The van der Waals surface area contributed by atoms with E-state index in [4.69, 9.17) is 15.4 Å². The molecule has 0 saturated carbocycles. The number of nitrogens with one attached hydrogen (secondary N) is 1. The Morgan fingerprint density at radius 3 is 2.77 bits per heavy atom. The van der Waals surface area contributed by atoms with Gasteiger partial charge in [-0.1, -0.05) is 0 Å². The lowest BCUT2D eigenvalue weighted by Crippen LogP contribution is -1.97. The van der Waals surface area contributed by atoms with E-state index in [-0.39, 0.29) is 0 Å². The highest BCUT2D eigenvalue weighted by Gasteiger charge is 2.16. The molecule has 1 rings (SSSR count). The Labute approximate surface area is 79.7 Å². The van der Waals surface area contributed by atoms with E-state index in [1.54, 1.807) is 0 Å². The fourth-order valence-corrected chi connectivity index (χ4v) is 1.28. The van der Waals surface area contributed by atoms with Crippen LogP contribution >= 0.6 is 10.7 Å². The van der Waals surface area contributed by atoms with Crippen molar-refractivity contribution < 1.29 is 13.2 Å². The van der Waals surface area contributed by atoms with Crippen molar-refractivity contribution in [3.05, 3.63) is 5.82 Å². The van der Waals surface area contributed by atoms with Crippen molar-refractivity contribution in [2.45, 2.75) is 11.6 Å². The fourth-order valence-electron chi connectivity index (χ4n) is 0.697. The summed E-state index contributed by atoms with van der Waals surface area (Å²) < 4.78 is 26.2. The zero-order valence-electron chi connectivity index (χ0n) is 6.82. The number of H-pyrrole nitrogens is 1. The van der Waals surface area contributed by atoms with Crippen LogP contribution in [0.1, 0.15) is 5.82 Å². The maximum atomic E-state index is 10.7. The molecule has 0 amide bonds. The highest BCUT2D eigenvalue weighted by Crippen LogP contribution is 2.08. The van der Waals surface area contributed by atoms with Crippen LogP contribution in [0.25, 0.3) is 0 Å². The summed E-state index contributed by atoms with van der Waals surface area (Å²) >= 11 is 0. The first kappa shape index (κ1) is 10.4. The van der Waals surface area contributed by atoms with Crippen LogP contribution in [0, 0.1) is 0 Å². The lowest BCUT2D eigenvalue weighted by atomic mass is 10.4. The molecule has 0 aliphatic heterocycles. The van der Waals surface area contributed by atoms with Gasteiger partial charge >= 0.3 is 0 Å². The molecular weight excluding hydrogens is 218 g/mol. The molecule has 0 bridgehead atoms. The van der Waals surface area contributed by atoms with Crippen LogP contribution in [-0.2, 0) is 20.2 Å². The number of hydrogen-bond donors (Lipinski definition) is 1. The van der Waals surface area contributed by atoms with E-state index in [1.165, 1.54) is 7.11 Å². The number of hydrogen-bond acceptors (Lipinski definition) is 5. The summed E-state index contributed by atoms with van der Waals surface area (Å²) in [5.74, 6) is 0.432. The Bertz CT molecular complexity index is 374. The molecule has 0 fully saturated rings. The van der Waals surface area contributed by atoms with E-state index in [2.05, 4.69) is 15.2 Å². The quantitative estimate of drug-likeness (QED) is 0.725. The SMILES string of the molecule is COCCc1nc(S(=O)(=O)Cl)n[nH]1. The standard InChI is InChI=1S/C5H8ClN3O3S/c1-12-3-2-4-7-5(9-8-4)13(6,10)11/h2-3H2,1H3,(H,7,8,9). The minimum atomic E-state index is -3.83. The molecule has 0 saturated heterocycles. The normalized spacial score (nSPS) is 11.8. The average Bonchev–Trinajstić information content (AvgIpc) is 2.47. The van der Waals surface area contributed by atoms with Gasteiger partial charge in [0.25, 0.3) is 14.2 Å². The molecule has 0 aliphatic rings. The maximum Gasteiger partial charge on any atom is 0.298 e. The van der Waals surface area contributed by atoms with Crippen molar-refractivity contribution in [2.75, 3.05) is 13.7 Å². The number of halogens is 1. The van der Waals surface area contributed by atoms with Gasteiger partial charge < -0.3 is 4.74 Å². The third kappa shape index (κ3) is 2.94. The van der Waals surface area contributed by atoms with E-state index in [0.717, 1.165) is 0 Å². The molecule has 1 heterocycles. The van der Waals surface area contributed by atoms with Crippen LogP contribution in [0.3, 0.4) is 0 Å². The van der Waals surface area contributed by atoms with Crippen LogP contribution in [0.15, 0.2) is 5.16 Å². The summed E-state index contributed by atoms with van der Waals surface area (Å²) in [5.41, 5.74) is 0. The summed E-state index contributed by atoms with van der Waals surface area (Å²) in [6.07, 6.45) is 0.468. The smallest absolute Gasteiger partial charge is 0.298 e. The topological polar surface area (TPSA) is 84.9 Å². The molecule has 0 unspecified atom stereocenters. The zero-order chi connectivity index (χ0) is 9.90. The minimum Gasteiger partial charge on any atom is -0.384 e. The van der Waals surface area contributed by atoms with Crippen molar-refractivity contribution in [3.8, 4) is 0 Å². The molecule has 13 heavy (non-hydrogen) atoms. The highest BCUT2D eigenvalue weighted by molar-refractivity contribution is 8.13. The second-order valence-electron chi connectivity index (χ2n) is 2.25. The monoisotopic (exact) mass is 225 g/mol. The van der Waals surface area contributed by atoms with E-state index < -0.39 is 14.2 Å². The second-order valence-corrected chi connectivity index (χ2v) is 4.71. The van der Waals surface area contributed by atoms with Crippen LogP contribution in [0.5, 0.6) is 0 Å². The zero-order valence-corrected chi connectivity index (χ0v) is 8.39. The van der Waals surface area contributed by atoms with Crippen molar-refractivity contribution in [1.82, 2.24) is 15.2 Å². The van der Waals surface area contributed by atoms with Crippen molar-refractivity contribution >= 4 is 19.7 Å². The fraction of sp³-hybridized carbons (Fsp3) is 0.600. The van der Waals surface area contributed by atoms with Crippen molar-refractivity contribution in [1.29, 1.82) is 0 Å². The average molecular weight is 226 g/mol. The van der Waals surface area contributed by atoms with E-state index in [0.29, 0.717) is 18.9 Å². The Morgan fingerprint density at radius 1 is 1.62 bits per heavy atom. The number of ether oxygens (including phenoxy) is 1. The lowest BCUT2D eigenvalue weighted by molar-refractivity contribution is 0.200. The molecule has 74 valence electrons. The lowest BCUT2D eigenvalue weighted by Gasteiger charge is -1.91. The van der Waals surface area contributed by atoms with E-state index >= 15 is 0 Å². The highest BCUT2D eigenvalue weighted by atomic mass is 35.7. The van der Waals surface area contributed by atoms with Crippen LogP contribution in [0.4, 0.5) is 0 Å². The van der Waals surface area contributed by atoms with Gasteiger partial charge in [0.15, 0.2) is 0 Å². The van der Waals surface area contributed by atoms with Gasteiger partial charge in [-0.15, -0.1) is 5.10 Å². The Morgan fingerprint density at radius 2 is 2.31 bits per heavy atom. The maximum absolute atomic E-state index is 10.7. The largest absolute Gasteiger partial charge is 0.384 e. The van der Waals surface area contributed by atoms with Gasteiger partial charge in [-0.3, -0.25) is 5.10 Å².